The van der Waals surface area contributed by atoms with Crippen LogP contribution in [0.5, 0.6) is 0 Å². The van der Waals surface area contributed by atoms with Crippen LogP contribution in [0.4, 0.5) is 17.6 Å². The Morgan fingerprint density at radius 1 is 1.25 bits per heavy atom. The Kier molecular flexibility index (Phi) is 4.61. The maximum absolute atomic E-state index is 13.1. The number of halogens is 4. The fraction of sp³-hybridized carbons (Fsp3) is 0.400. The molecule has 6 heteroatoms. The smallest absolute Gasteiger partial charge is 0.330 e. The molecule has 0 saturated carbocycles. The highest BCUT2D eigenvalue weighted by atomic mass is 32.2. The van der Waals surface area contributed by atoms with Gasteiger partial charge in [-0.2, -0.15) is 13.2 Å². The summed E-state index contributed by atoms with van der Waals surface area (Å²) >= 11 is 0.832. The lowest BCUT2D eigenvalue weighted by Crippen LogP contribution is -2.32. The van der Waals surface area contributed by atoms with E-state index in [9.17, 15) is 17.6 Å². The standard InChI is InChI=1S/C10H11F4NS/c11-8-3-1-2-4-9(8)16-6-7(5-15)10(12,13)14/h1-4,7H,5-6,15H2. The molecular formula is C10H11F4NS. The van der Waals surface area contributed by atoms with Gasteiger partial charge in [-0.3, -0.25) is 0 Å². The summed E-state index contributed by atoms with van der Waals surface area (Å²) in [5, 5.41) is 0. The molecule has 1 aromatic rings. The number of hydrogen-bond acceptors (Lipinski definition) is 2. The van der Waals surface area contributed by atoms with E-state index < -0.39 is 24.5 Å². The third-order valence-corrected chi connectivity index (χ3v) is 3.24. The zero-order valence-electron chi connectivity index (χ0n) is 8.30. The molecule has 1 rings (SSSR count). The molecule has 1 aromatic carbocycles. The van der Waals surface area contributed by atoms with E-state index in [2.05, 4.69) is 0 Å². The highest BCUT2D eigenvalue weighted by Gasteiger charge is 2.38. The molecule has 0 bridgehead atoms. The second-order valence-electron chi connectivity index (χ2n) is 3.22. The number of rotatable bonds is 4. The topological polar surface area (TPSA) is 26.0 Å². The van der Waals surface area contributed by atoms with E-state index >= 15 is 0 Å². The van der Waals surface area contributed by atoms with Gasteiger partial charge in [0.05, 0.1) is 5.92 Å². The van der Waals surface area contributed by atoms with E-state index in [1.807, 2.05) is 0 Å². The molecule has 1 atom stereocenters. The van der Waals surface area contributed by atoms with E-state index in [-0.39, 0.29) is 10.6 Å². The van der Waals surface area contributed by atoms with Crippen molar-refractivity contribution in [1.29, 1.82) is 0 Å². The fourth-order valence-electron chi connectivity index (χ4n) is 1.05. The summed E-state index contributed by atoms with van der Waals surface area (Å²) < 4.78 is 50.1. The summed E-state index contributed by atoms with van der Waals surface area (Å²) in [5.74, 6) is -2.37. The maximum atomic E-state index is 13.1. The van der Waals surface area contributed by atoms with Gasteiger partial charge in [-0.25, -0.2) is 4.39 Å². The largest absolute Gasteiger partial charge is 0.393 e. The molecule has 0 radical (unpaired) electrons. The Balaban J connectivity index is 2.60. The molecule has 0 saturated heterocycles. The third-order valence-electron chi connectivity index (χ3n) is 2.02. The summed E-state index contributed by atoms with van der Waals surface area (Å²) in [7, 11) is 0. The molecule has 0 fully saturated rings. The monoisotopic (exact) mass is 253 g/mol. The molecule has 90 valence electrons. The summed E-state index contributed by atoms with van der Waals surface area (Å²) in [6.45, 7) is -0.481. The van der Waals surface area contributed by atoms with Gasteiger partial charge in [0, 0.05) is 17.2 Å². The van der Waals surface area contributed by atoms with Crippen molar-refractivity contribution < 1.29 is 17.6 Å². The van der Waals surface area contributed by atoms with Gasteiger partial charge in [0.15, 0.2) is 0 Å². The molecule has 0 aliphatic heterocycles. The second kappa shape index (κ2) is 5.54. The van der Waals surface area contributed by atoms with Crippen LogP contribution in [0.1, 0.15) is 0 Å². The summed E-state index contributed by atoms with van der Waals surface area (Å²) in [6, 6.07) is 5.73. The average molecular weight is 253 g/mol. The molecule has 0 spiro atoms. The molecule has 0 aliphatic rings. The lowest BCUT2D eigenvalue weighted by atomic mass is 10.2. The van der Waals surface area contributed by atoms with Crippen LogP contribution >= 0.6 is 11.8 Å². The number of hydrogen-bond donors (Lipinski definition) is 1. The van der Waals surface area contributed by atoms with Crippen molar-refractivity contribution in [3.8, 4) is 0 Å². The molecule has 0 amide bonds. The highest BCUT2D eigenvalue weighted by molar-refractivity contribution is 7.99. The van der Waals surface area contributed by atoms with Crippen molar-refractivity contribution in [2.45, 2.75) is 11.1 Å². The Morgan fingerprint density at radius 2 is 1.88 bits per heavy atom. The average Bonchev–Trinajstić information content (AvgIpc) is 2.19. The van der Waals surface area contributed by atoms with E-state index in [0.717, 1.165) is 11.8 Å². The number of nitrogens with two attached hydrogens (primary N) is 1. The van der Waals surface area contributed by atoms with E-state index in [0.29, 0.717) is 0 Å². The van der Waals surface area contributed by atoms with Crippen LogP contribution in [-0.2, 0) is 0 Å². The van der Waals surface area contributed by atoms with Gasteiger partial charge in [0.2, 0.25) is 0 Å². The van der Waals surface area contributed by atoms with Gasteiger partial charge in [-0.05, 0) is 12.1 Å². The first-order valence-electron chi connectivity index (χ1n) is 4.59. The maximum Gasteiger partial charge on any atom is 0.393 e. The van der Waals surface area contributed by atoms with E-state index in [1.165, 1.54) is 18.2 Å². The number of thioether (sulfide) groups is 1. The fourth-order valence-corrected chi connectivity index (χ4v) is 2.13. The van der Waals surface area contributed by atoms with Gasteiger partial charge in [-0.15, -0.1) is 11.8 Å². The first kappa shape index (κ1) is 13.3. The van der Waals surface area contributed by atoms with Crippen molar-refractivity contribution >= 4 is 11.8 Å². The highest BCUT2D eigenvalue weighted by Crippen LogP contribution is 2.31. The number of alkyl halides is 3. The van der Waals surface area contributed by atoms with Crippen molar-refractivity contribution in [3.63, 3.8) is 0 Å². The van der Waals surface area contributed by atoms with Gasteiger partial charge < -0.3 is 5.73 Å². The molecule has 0 aromatic heterocycles. The van der Waals surface area contributed by atoms with Crippen LogP contribution < -0.4 is 5.73 Å². The minimum atomic E-state index is -4.33. The predicted molar refractivity (Wildman–Crippen MR) is 55.7 cm³/mol. The molecule has 2 N–H and O–H groups in total. The molecule has 0 heterocycles. The van der Waals surface area contributed by atoms with Crippen molar-refractivity contribution in [3.05, 3.63) is 30.1 Å². The Bertz CT molecular complexity index is 340. The predicted octanol–water partition coefficient (Wildman–Crippen LogP) is 3.06. The lowest BCUT2D eigenvalue weighted by molar-refractivity contribution is -0.165. The Labute approximate surface area is 95.0 Å². The van der Waals surface area contributed by atoms with Crippen LogP contribution in [-0.4, -0.2) is 18.5 Å². The van der Waals surface area contributed by atoms with Crippen molar-refractivity contribution in [2.24, 2.45) is 11.7 Å². The zero-order valence-corrected chi connectivity index (χ0v) is 9.11. The lowest BCUT2D eigenvalue weighted by Gasteiger charge is -2.17. The minimum Gasteiger partial charge on any atom is -0.330 e. The first-order chi connectivity index (χ1) is 7.45. The van der Waals surface area contributed by atoms with Crippen LogP contribution in [0.25, 0.3) is 0 Å². The molecule has 1 nitrogen and oxygen atoms in total. The summed E-state index contributed by atoms with van der Waals surface area (Å²) in [4.78, 5) is 0.213. The normalized spacial score (nSPS) is 13.8. The van der Waals surface area contributed by atoms with E-state index in [4.69, 9.17) is 5.73 Å². The van der Waals surface area contributed by atoms with Crippen LogP contribution in [0.3, 0.4) is 0 Å². The van der Waals surface area contributed by atoms with E-state index in [1.54, 1.807) is 6.07 Å². The Hall–Kier alpha value is -0.750. The third kappa shape index (κ3) is 3.68. The van der Waals surface area contributed by atoms with Crippen molar-refractivity contribution in [1.82, 2.24) is 0 Å². The van der Waals surface area contributed by atoms with Gasteiger partial charge in [0.25, 0.3) is 0 Å². The minimum absolute atomic E-state index is 0.213. The number of benzene rings is 1. The SMILES string of the molecule is NCC(CSc1ccccc1F)C(F)(F)F. The molecular weight excluding hydrogens is 242 g/mol. The molecule has 16 heavy (non-hydrogen) atoms. The van der Waals surface area contributed by atoms with Crippen molar-refractivity contribution in [2.75, 3.05) is 12.3 Å². The zero-order chi connectivity index (χ0) is 12.2. The Morgan fingerprint density at radius 3 is 2.38 bits per heavy atom. The second-order valence-corrected chi connectivity index (χ2v) is 4.28. The quantitative estimate of drug-likeness (QED) is 0.659. The van der Waals surface area contributed by atoms with Crippen LogP contribution in [0.15, 0.2) is 29.2 Å². The van der Waals surface area contributed by atoms with Gasteiger partial charge >= 0.3 is 6.18 Å². The van der Waals surface area contributed by atoms with Crippen LogP contribution in [0.2, 0.25) is 0 Å². The molecule has 1 unspecified atom stereocenters. The molecule has 0 aliphatic carbocycles. The first-order valence-corrected chi connectivity index (χ1v) is 5.58. The summed E-state index contributed by atoms with van der Waals surface area (Å²) in [6.07, 6.45) is -4.33. The van der Waals surface area contributed by atoms with Gasteiger partial charge in [0.1, 0.15) is 5.82 Å². The van der Waals surface area contributed by atoms with Gasteiger partial charge in [-0.1, -0.05) is 12.1 Å². The summed E-state index contributed by atoms with van der Waals surface area (Å²) in [5.41, 5.74) is 5.03. The van der Waals surface area contributed by atoms with Crippen LogP contribution in [0, 0.1) is 11.7 Å².